The van der Waals surface area contributed by atoms with Crippen molar-refractivity contribution in [3.05, 3.63) is 11.4 Å². The van der Waals surface area contributed by atoms with Crippen LogP contribution in [0.5, 0.6) is 0 Å². The van der Waals surface area contributed by atoms with Crippen LogP contribution in [0.15, 0.2) is 0 Å². The Kier molecular flexibility index (Phi) is 4.48. The van der Waals surface area contributed by atoms with Gasteiger partial charge in [0.2, 0.25) is 0 Å². The van der Waals surface area contributed by atoms with E-state index in [-0.39, 0.29) is 5.92 Å². The first-order valence-corrected chi connectivity index (χ1v) is 7.60. The third-order valence-corrected chi connectivity index (χ3v) is 4.18. The lowest BCUT2D eigenvalue weighted by atomic mass is 10.0. The van der Waals surface area contributed by atoms with E-state index in [1.165, 1.54) is 25.7 Å². The molecule has 20 heavy (non-hydrogen) atoms. The SMILES string of the molecule is CCCC1(CNc2nc(C(C)C)nc(NN)c2C)CC1. The second-order valence-electron chi connectivity index (χ2n) is 6.31. The largest absolute Gasteiger partial charge is 0.369 e. The molecule has 0 aliphatic heterocycles. The molecule has 1 aliphatic rings. The first-order valence-electron chi connectivity index (χ1n) is 7.60. The lowest BCUT2D eigenvalue weighted by Gasteiger charge is -2.19. The molecule has 0 saturated heterocycles. The number of hydrazine groups is 1. The van der Waals surface area contributed by atoms with Gasteiger partial charge in [-0.3, -0.25) is 0 Å². The first kappa shape index (κ1) is 15.0. The summed E-state index contributed by atoms with van der Waals surface area (Å²) in [5.74, 6) is 8.30. The fourth-order valence-corrected chi connectivity index (χ4v) is 2.60. The average molecular weight is 277 g/mol. The van der Waals surface area contributed by atoms with Crippen LogP contribution in [-0.4, -0.2) is 16.5 Å². The Morgan fingerprint density at radius 3 is 2.40 bits per heavy atom. The number of nitrogen functional groups attached to an aromatic ring is 1. The number of rotatable bonds is 7. The fourth-order valence-electron chi connectivity index (χ4n) is 2.60. The molecule has 1 heterocycles. The van der Waals surface area contributed by atoms with E-state index in [0.29, 0.717) is 11.2 Å². The van der Waals surface area contributed by atoms with Crippen LogP contribution >= 0.6 is 0 Å². The summed E-state index contributed by atoms with van der Waals surface area (Å²) in [5.41, 5.74) is 4.17. The highest BCUT2D eigenvalue weighted by Crippen LogP contribution is 2.49. The molecule has 1 aromatic heterocycles. The smallest absolute Gasteiger partial charge is 0.148 e. The Hall–Kier alpha value is -1.36. The Morgan fingerprint density at radius 2 is 1.90 bits per heavy atom. The summed E-state index contributed by atoms with van der Waals surface area (Å²) in [6.07, 6.45) is 5.20. The van der Waals surface area contributed by atoms with Gasteiger partial charge in [0.25, 0.3) is 0 Å². The lowest BCUT2D eigenvalue weighted by Crippen LogP contribution is -2.19. The van der Waals surface area contributed by atoms with Crippen molar-refractivity contribution in [2.45, 2.75) is 59.3 Å². The lowest BCUT2D eigenvalue weighted by molar-refractivity contribution is 0.485. The third kappa shape index (κ3) is 3.20. The van der Waals surface area contributed by atoms with Gasteiger partial charge in [0.15, 0.2) is 0 Å². The number of nitrogens with zero attached hydrogens (tertiary/aromatic N) is 2. The van der Waals surface area contributed by atoms with Gasteiger partial charge in [0.05, 0.1) is 0 Å². The summed E-state index contributed by atoms with van der Waals surface area (Å²) in [7, 11) is 0. The van der Waals surface area contributed by atoms with Gasteiger partial charge in [-0.15, -0.1) is 0 Å². The molecule has 0 unspecified atom stereocenters. The number of hydrogen-bond donors (Lipinski definition) is 3. The third-order valence-electron chi connectivity index (χ3n) is 4.18. The van der Waals surface area contributed by atoms with Gasteiger partial charge in [-0.2, -0.15) is 0 Å². The topological polar surface area (TPSA) is 75.9 Å². The minimum atomic E-state index is 0.286. The minimum Gasteiger partial charge on any atom is -0.369 e. The Balaban J connectivity index is 2.15. The molecule has 2 rings (SSSR count). The molecule has 1 aromatic rings. The normalized spacial score (nSPS) is 16.3. The van der Waals surface area contributed by atoms with Gasteiger partial charge >= 0.3 is 0 Å². The second-order valence-corrected chi connectivity index (χ2v) is 6.31. The molecule has 112 valence electrons. The maximum Gasteiger partial charge on any atom is 0.148 e. The molecule has 5 nitrogen and oxygen atoms in total. The molecule has 1 saturated carbocycles. The van der Waals surface area contributed by atoms with Crippen molar-refractivity contribution >= 4 is 11.6 Å². The van der Waals surface area contributed by atoms with Gasteiger partial charge in [-0.1, -0.05) is 27.2 Å². The van der Waals surface area contributed by atoms with Crippen molar-refractivity contribution in [1.29, 1.82) is 0 Å². The van der Waals surface area contributed by atoms with E-state index in [1.54, 1.807) is 0 Å². The molecule has 0 aromatic carbocycles. The van der Waals surface area contributed by atoms with Gasteiger partial charge in [-0.05, 0) is 31.6 Å². The highest BCUT2D eigenvalue weighted by molar-refractivity contribution is 5.57. The second kappa shape index (κ2) is 5.95. The quantitative estimate of drug-likeness (QED) is 0.527. The molecule has 0 amide bonds. The molecule has 1 fully saturated rings. The Morgan fingerprint density at radius 1 is 1.25 bits per heavy atom. The number of hydrogen-bond acceptors (Lipinski definition) is 5. The molecule has 0 atom stereocenters. The van der Waals surface area contributed by atoms with E-state index in [2.05, 4.69) is 41.5 Å². The van der Waals surface area contributed by atoms with Crippen LogP contribution in [0.1, 0.15) is 63.8 Å². The molecule has 5 heteroatoms. The molecule has 0 radical (unpaired) electrons. The predicted molar refractivity (Wildman–Crippen MR) is 83.7 cm³/mol. The molecular formula is C15H27N5. The van der Waals surface area contributed by atoms with Crippen LogP contribution in [0.25, 0.3) is 0 Å². The fraction of sp³-hybridized carbons (Fsp3) is 0.733. The van der Waals surface area contributed by atoms with Crippen LogP contribution in [0, 0.1) is 12.3 Å². The van der Waals surface area contributed by atoms with Crippen LogP contribution in [0.4, 0.5) is 11.6 Å². The monoisotopic (exact) mass is 277 g/mol. The Bertz CT molecular complexity index is 466. The van der Waals surface area contributed by atoms with Gasteiger partial charge in [-0.25, -0.2) is 15.8 Å². The van der Waals surface area contributed by atoms with Crippen LogP contribution in [-0.2, 0) is 0 Å². The molecule has 4 N–H and O–H groups in total. The van der Waals surface area contributed by atoms with Gasteiger partial charge < -0.3 is 10.7 Å². The standard InChI is InChI=1S/C15H27N5/c1-5-6-15(7-8-15)9-17-13-11(4)14(20-16)19-12(18-13)10(2)3/h10H,5-9,16H2,1-4H3,(H2,17,18,19,20). The molecule has 0 spiro atoms. The summed E-state index contributed by atoms with van der Waals surface area (Å²) in [6, 6.07) is 0. The summed E-state index contributed by atoms with van der Waals surface area (Å²) in [5, 5.41) is 3.52. The maximum atomic E-state index is 5.56. The average Bonchev–Trinajstić information content (AvgIpc) is 3.18. The van der Waals surface area contributed by atoms with E-state index < -0.39 is 0 Å². The van der Waals surface area contributed by atoms with Crippen LogP contribution in [0.3, 0.4) is 0 Å². The van der Waals surface area contributed by atoms with Crippen molar-refractivity contribution in [2.75, 3.05) is 17.3 Å². The summed E-state index contributed by atoms with van der Waals surface area (Å²) < 4.78 is 0. The predicted octanol–water partition coefficient (Wildman–Crippen LogP) is 3.19. The zero-order chi connectivity index (χ0) is 14.8. The van der Waals surface area contributed by atoms with E-state index >= 15 is 0 Å². The van der Waals surface area contributed by atoms with E-state index in [1.807, 2.05) is 6.92 Å². The summed E-state index contributed by atoms with van der Waals surface area (Å²) in [6.45, 7) is 9.44. The summed E-state index contributed by atoms with van der Waals surface area (Å²) in [4.78, 5) is 9.11. The van der Waals surface area contributed by atoms with Crippen LogP contribution in [0.2, 0.25) is 0 Å². The van der Waals surface area contributed by atoms with Gasteiger partial charge in [0.1, 0.15) is 17.5 Å². The zero-order valence-electron chi connectivity index (χ0n) is 13.1. The van der Waals surface area contributed by atoms with Crippen LogP contribution < -0.4 is 16.6 Å². The number of nitrogens with one attached hydrogen (secondary N) is 2. The maximum absolute atomic E-state index is 5.56. The summed E-state index contributed by atoms with van der Waals surface area (Å²) >= 11 is 0. The van der Waals surface area contributed by atoms with Crippen molar-refractivity contribution in [2.24, 2.45) is 11.3 Å². The molecule has 1 aliphatic carbocycles. The minimum absolute atomic E-state index is 0.286. The van der Waals surface area contributed by atoms with Crippen molar-refractivity contribution in [3.8, 4) is 0 Å². The highest BCUT2D eigenvalue weighted by atomic mass is 15.3. The Labute approximate surface area is 121 Å². The molecule has 0 bridgehead atoms. The highest BCUT2D eigenvalue weighted by Gasteiger charge is 2.41. The van der Waals surface area contributed by atoms with E-state index in [0.717, 1.165) is 23.8 Å². The van der Waals surface area contributed by atoms with Crippen molar-refractivity contribution < 1.29 is 0 Å². The number of aromatic nitrogens is 2. The first-order chi connectivity index (χ1) is 9.51. The van der Waals surface area contributed by atoms with Gasteiger partial charge in [0, 0.05) is 18.0 Å². The van der Waals surface area contributed by atoms with E-state index in [4.69, 9.17) is 5.84 Å². The zero-order valence-corrected chi connectivity index (χ0v) is 13.1. The van der Waals surface area contributed by atoms with Crippen molar-refractivity contribution in [1.82, 2.24) is 9.97 Å². The molecular weight excluding hydrogens is 250 g/mol. The van der Waals surface area contributed by atoms with E-state index in [9.17, 15) is 0 Å². The van der Waals surface area contributed by atoms with Crippen molar-refractivity contribution in [3.63, 3.8) is 0 Å². The number of nitrogens with two attached hydrogens (primary N) is 1. The number of anilines is 2.